The van der Waals surface area contributed by atoms with Crippen molar-refractivity contribution in [1.82, 2.24) is 14.7 Å². The Bertz CT molecular complexity index is 976. The summed E-state index contributed by atoms with van der Waals surface area (Å²) in [6.45, 7) is 10.0. The molecule has 0 spiro atoms. The van der Waals surface area contributed by atoms with Crippen molar-refractivity contribution in [2.75, 3.05) is 70.5 Å². The Morgan fingerprint density at radius 1 is 0.889 bits per heavy atom. The highest BCUT2D eigenvalue weighted by Gasteiger charge is 2.34. The van der Waals surface area contributed by atoms with Gasteiger partial charge in [-0.3, -0.25) is 14.6 Å². The molecule has 2 aromatic carbocycles. The molecule has 2 aromatic rings. The number of rotatable bonds is 7. The Morgan fingerprint density at radius 2 is 1.61 bits per heavy atom. The maximum Gasteiger partial charge on any atom is 0.222 e. The number of ether oxygens (including phenoxy) is 1. The number of piperidine rings is 1. The van der Waals surface area contributed by atoms with Gasteiger partial charge < -0.3 is 14.5 Å². The molecule has 3 heterocycles. The molecule has 6 nitrogen and oxygen atoms in total. The molecule has 3 aliphatic heterocycles. The van der Waals surface area contributed by atoms with Crippen molar-refractivity contribution in [3.05, 3.63) is 65.2 Å². The normalized spacial score (nSPS) is 24.1. The summed E-state index contributed by atoms with van der Waals surface area (Å²) in [6, 6.07) is 19.2. The molecule has 3 saturated heterocycles. The number of morpholine rings is 1. The first-order chi connectivity index (χ1) is 17.7. The number of anilines is 1. The first-order valence-electron chi connectivity index (χ1n) is 13.5. The number of carbonyl (C=O) groups excluding carboxylic acids is 1. The van der Waals surface area contributed by atoms with Gasteiger partial charge in [0.2, 0.25) is 5.91 Å². The van der Waals surface area contributed by atoms with E-state index in [1.165, 1.54) is 11.3 Å². The summed E-state index contributed by atoms with van der Waals surface area (Å²) in [7, 11) is 0. The average molecular weight is 511 g/mol. The van der Waals surface area contributed by atoms with Crippen LogP contribution in [-0.2, 0) is 16.1 Å². The van der Waals surface area contributed by atoms with Crippen LogP contribution in [0.25, 0.3) is 0 Å². The van der Waals surface area contributed by atoms with Gasteiger partial charge in [-0.15, -0.1) is 0 Å². The Labute approximate surface area is 220 Å². The van der Waals surface area contributed by atoms with Gasteiger partial charge in [-0.1, -0.05) is 48.0 Å². The van der Waals surface area contributed by atoms with Crippen LogP contribution < -0.4 is 4.90 Å². The summed E-state index contributed by atoms with van der Waals surface area (Å²) in [5, 5.41) is 0.842. The van der Waals surface area contributed by atoms with E-state index in [9.17, 15) is 4.79 Å². The second-order valence-electron chi connectivity index (χ2n) is 10.3. The SMILES string of the molecule is O=C(CC[C@@H]1CN(Cc2ccccc2Cl)CC[C@@H]1N1CCOCC1)N1CCN(c2ccccc2)CC1. The fourth-order valence-corrected chi connectivity index (χ4v) is 6.30. The molecule has 5 rings (SSSR count). The largest absolute Gasteiger partial charge is 0.379 e. The first kappa shape index (κ1) is 25.5. The van der Waals surface area contributed by atoms with Gasteiger partial charge in [0.05, 0.1) is 13.2 Å². The van der Waals surface area contributed by atoms with E-state index in [-0.39, 0.29) is 0 Å². The summed E-state index contributed by atoms with van der Waals surface area (Å²) >= 11 is 6.47. The summed E-state index contributed by atoms with van der Waals surface area (Å²) in [5.74, 6) is 0.792. The zero-order valence-corrected chi connectivity index (χ0v) is 22.0. The molecule has 0 aliphatic carbocycles. The lowest BCUT2D eigenvalue weighted by atomic mass is 9.86. The molecule has 3 fully saturated rings. The van der Waals surface area contributed by atoms with Gasteiger partial charge in [-0.05, 0) is 49.1 Å². The number of para-hydroxylation sites is 1. The molecular weight excluding hydrogens is 472 g/mol. The Kier molecular flexibility index (Phi) is 8.80. The molecule has 0 bridgehead atoms. The maximum atomic E-state index is 13.2. The number of piperazine rings is 1. The molecule has 0 saturated carbocycles. The molecule has 0 radical (unpaired) electrons. The summed E-state index contributed by atoms with van der Waals surface area (Å²) in [5.41, 5.74) is 2.44. The predicted molar refractivity (Wildman–Crippen MR) is 145 cm³/mol. The van der Waals surface area contributed by atoms with Crippen molar-refractivity contribution in [3.63, 3.8) is 0 Å². The number of carbonyl (C=O) groups is 1. The van der Waals surface area contributed by atoms with E-state index in [2.05, 4.69) is 56.0 Å². The van der Waals surface area contributed by atoms with Crippen molar-refractivity contribution in [2.24, 2.45) is 5.92 Å². The van der Waals surface area contributed by atoms with Gasteiger partial charge in [0.25, 0.3) is 0 Å². The van der Waals surface area contributed by atoms with E-state index in [1.54, 1.807) is 0 Å². The topological polar surface area (TPSA) is 39.3 Å². The fraction of sp³-hybridized carbons (Fsp3) is 0.552. The van der Waals surface area contributed by atoms with Crippen LogP contribution in [0.15, 0.2) is 54.6 Å². The highest BCUT2D eigenvalue weighted by molar-refractivity contribution is 6.31. The number of likely N-dealkylation sites (tertiary alicyclic amines) is 1. The van der Waals surface area contributed by atoms with Crippen LogP contribution in [0.2, 0.25) is 5.02 Å². The third-order valence-corrected chi connectivity index (χ3v) is 8.50. The van der Waals surface area contributed by atoms with E-state index in [4.69, 9.17) is 16.3 Å². The number of halogens is 1. The first-order valence-corrected chi connectivity index (χ1v) is 13.9. The van der Waals surface area contributed by atoms with Gasteiger partial charge >= 0.3 is 0 Å². The highest BCUT2D eigenvalue weighted by atomic mass is 35.5. The highest BCUT2D eigenvalue weighted by Crippen LogP contribution is 2.29. The number of amides is 1. The molecule has 0 aromatic heterocycles. The van der Waals surface area contributed by atoms with Gasteiger partial charge in [-0.25, -0.2) is 0 Å². The molecular formula is C29H39ClN4O2. The van der Waals surface area contributed by atoms with E-state index in [0.717, 1.165) is 90.0 Å². The fourth-order valence-electron chi connectivity index (χ4n) is 6.10. The van der Waals surface area contributed by atoms with Crippen LogP contribution in [0.5, 0.6) is 0 Å². The molecule has 2 atom stereocenters. The van der Waals surface area contributed by atoms with Crippen molar-refractivity contribution in [2.45, 2.75) is 31.8 Å². The monoisotopic (exact) mass is 510 g/mol. The molecule has 7 heteroatoms. The maximum absolute atomic E-state index is 13.2. The molecule has 1 amide bonds. The van der Waals surface area contributed by atoms with E-state index in [0.29, 0.717) is 24.3 Å². The van der Waals surface area contributed by atoms with Crippen LogP contribution in [0, 0.1) is 5.92 Å². The molecule has 3 aliphatic rings. The van der Waals surface area contributed by atoms with Crippen molar-refractivity contribution in [3.8, 4) is 0 Å². The lowest BCUT2D eigenvalue weighted by Gasteiger charge is -2.45. The van der Waals surface area contributed by atoms with Gasteiger partial charge in [0.1, 0.15) is 0 Å². The number of hydrogen-bond acceptors (Lipinski definition) is 5. The Balaban J connectivity index is 1.17. The Morgan fingerprint density at radius 3 is 2.36 bits per heavy atom. The summed E-state index contributed by atoms with van der Waals surface area (Å²) in [4.78, 5) is 22.8. The van der Waals surface area contributed by atoms with Crippen LogP contribution in [0.3, 0.4) is 0 Å². The zero-order chi connectivity index (χ0) is 24.7. The smallest absolute Gasteiger partial charge is 0.222 e. The predicted octanol–water partition coefficient (Wildman–Crippen LogP) is 3.99. The van der Waals surface area contributed by atoms with Crippen LogP contribution in [0.4, 0.5) is 5.69 Å². The lowest BCUT2D eigenvalue weighted by Crippen LogP contribution is -2.54. The second kappa shape index (κ2) is 12.4. The molecule has 36 heavy (non-hydrogen) atoms. The minimum atomic E-state index is 0.312. The minimum absolute atomic E-state index is 0.312. The third-order valence-electron chi connectivity index (χ3n) is 8.13. The average Bonchev–Trinajstić information content (AvgIpc) is 2.94. The lowest BCUT2D eigenvalue weighted by molar-refractivity contribution is -0.132. The van der Waals surface area contributed by atoms with Gasteiger partial charge in [0.15, 0.2) is 0 Å². The van der Waals surface area contributed by atoms with Crippen molar-refractivity contribution in [1.29, 1.82) is 0 Å². The van der Waals surface area contributed by atoms with Crippen LogP contribution in [-0.4, -0.2) is 92.2 Å². The van der Waals surface area contributed by atoms with Crippen LogP contribution in [0.1, 0.15) is 24.8 Å². The summed E-state index contributed by atoms with van der Waals surface area (Å²) < 4.78 is 5.63. The number of hydrogen-bond donors (Lipinski definition) is 0. The van der Waals surface area contributed by atoms with Gasteiger partial charge in [0, 0.05) is 75.5 Å². The van der Waals surface area contributed by atoms with E-state index in [1.807, 2.05) is 18.2 Å². The Hall–Kier alpha value is -2.12. The van der Waals surface area contributed by atoms with E-state index < -0.39 is 0 Å². The molecule has 0 N–H and O–H groups in total. The standard InChI is InChI=1S/C29H39ClN4O2/c30-27-9-5-4-6-24(27)22-31-13-12-28(33-18-20-36-21-19-33)25(23-31)10-11-29(35)34-16-14-32(15-17-34)26-7-2-1-3-8-26/h1-9,25,28H,10-23H2/t25-,28+/m1/s1. The molecule has 0 unspecified atom stereocenters. The van der Waals surface area contributed by atoms with Crippen LogP contribution >= 0.6 is 11.6 Å². The number of benzene rings is 2. The van der Waals surface area contributed by atoms with Gasteiger partial charge in [-0.2, -0.15) is 0 Å². The van der Waals surface area contributed by atoms with E-state index >= 15 is 0 Å². The summed E-state index contributed by atoms with van der Waals surface area (Å²) in [6.07, 6.45) is 2.72. The zero-order valence-electron chi connectivity index (χ0n) is 21.2. The second-order valence-corrected chi connectivity index (χ2v) is 10.7. The van der Waals surface area contributed by atoms with Crippen molar-refractivity contribution >= 4 is 23.2 Å². The van der Waals surface area contributed by atoms with Crippen molar-refractivity contribution < 1.29 is 9.53 Å². The third kappa shape index (κ3) is 6.41. The molecule has 194 valence electrons. The minimum Gasteiger partial charge on any atom is -0.379 e. The number of nitrogens with zero attached hydrogens (tertiary/aromatic N) is 4. The quantitative estimate of drug-likeness (QED) is 0.563.